The van der Waals surface area contributed by atoms with Gasteiger partial charge in [-0.1, -0.05) is 15.9 Å². The molecule has 0 aliphatic carbocycles. The van der Waals surface area contributed by atoms with Crippen molar-refractivity contribution in [1.29, 1.82) is 0 Å². The Hall–Kier alpha value is -0.640. The van der Waals surface area contributed by atoms with Crippen LogP contribution in [-0.2, 0) is 0 Å². The number of anilines is 1. The molecule has 4 heteroatoms. The monoisotopic (exact) mass is 269 g/mol. The number of rotatable bonds is 2. The van der Waals surface area contributed by atoms with Gasteiger partial charge in [0.1, 0.15) is 5.82 Å². The Morgan fingerprint density at radius 1 is 1.53 bits per heavy atom. The fourth-order valence-electron chi connectivity index (χ4n) is 1.98. The van der Waals surface area contributed by atoms with Crippen LogP contribution in [0.3, 0.4) is 0 Å². The number of hydrogen-bond acceptors (Lipinski definition) is 3. The Bertz CT molecular complexity index is 354. The van der Waals surface area contributed by atoms with E-state index < -0.39 is 0 Å². The first-order valence-corrected chi connectivity index (χ1v) is 6.44. The summed E-state index contributed by atoms with van der Waals surface area (Å²) in [5, 5.41) is 1.09. The van der Waals surface area contributed by atoms with Gasteiger partial charge in [0.05, 0.1) is 11.4 Å². The van der Waals surface area contributed by atoms with Gasteiger partial charge in [-0.3, -0.25) is 4.98 Å². The number of aromatic nitrogens is 2. The van der Waals surface area contributed by atoms with Crippen molar-refractivity contribution in [3.8, 4) is 0 Å². The lowest BCUT2D eigenvalue weighted by molar-refractivity contribution is 0.675. The van der Waals surface area contributed by atoms with Gasteiger partial charge in [-0.15, -0.1) is 0 Å². The van der Waals surface area contributed by atoms with Gasteiger partial charge in [0.2, 0.25) is 0 Å². The number of alkyl halides is 1. The van der Waals surface area contributed by atoms with Crippen molar-refractivity contribution in [2.24, 2.45) is 5.92 Å². The van der Waals surface area contributed by atoms with Gasteiger partial charge in [0.15, 0.2) is 0 Å². The van der Waals surface area contributed by atoms with Crippen molar-refractivity contribution >= 4 is 21.7 Å². The lowest BCUT2D eigenvalue weighted by Gasteiger charge is -2.19. The van der Waals surface area contributed by atoms with Crippen LogP contribution in [0.15, 0.2) is 6.20 Å². The quantitative estimate of drug-likeness (QED) is 0.772. The first-order valence-electron chi connectivity index (χ1n) is 5.32. The molecule has 0 saturated carbocycles. The fourth-order valence-corrected chi connectivity index (χ4v) is 2.50. The van der Waals surface area contributed by atoms with Gasteiger partial charge in [-0.2, -0.15) is 0 Å². The summed E-state index contributed by atoms with van der Waals surface area (Å²) in [5.74, 6) is 1.82. The summed E-state index contributed by atoms with van der Waals surface area (Å²) in [7, 11) is 0. The highest BCUT2D eigenvalue weighted by Gasteiger charge is 2.23. The second kappa shape index (κ2) is 4.47. The third-order valence-corrected chi connectivity index (χ3v) is 3.77. The molecule has 1 unspecified atom stereocenters. The molecule has 1 aliphatic rings. The minimum absolute atomic E-state index is 0.756. The van der Waals surface area contributed by atoms with E-state index in [1.54, 1.807) is 0 Å². The molecule has 2 heterocycles. The number of halogens is 1. The van der Waals surface area contributed by atoms with Gasteiger partial charge in [-0.05, 0) is 26.2 Å². The van der Waals surface area contributed by atoms with E-state index in [9.17, 15) is 0 Å². The first-order chi connectivity index (χ1) is 7.20. The lowest BCUT2D eigenvalue weighted by Crippen LogP contribution is -2.22. The summed E-state index contributed by atoms with van der Waals surface area (Å²) in [6, 6.07) is 0. The molecular weight excluding hydrogens is 254 g/mol. The molecule has 82 valence electrons. The Kier molecular flexibility index (Phi) is 3.24. The lowest BCUT2D eigenvalue weighted by atomic mass is 10.2. The third kappa shape index (κ3) is 2.30. The molecule has 0 N–H and O–H groups in total. The van der Waals surface area contributed by atoms with Crippen molar-refractivity contribution in [2.45, 2.75) is 20.3 Å². The molecule has 0 radical (unpaired) electrons. The van der Waals surface area contributed by atoms with Crippen molar-refractivity contribution in [3.63, 3.8) is 0 Å². The van der Waals surface area contributed by atoms with Crippen LogP contribution in [0.2, 0.25) is 0 Å². The summed E-state index contributed by atoms with van der Waals surface area (Å²) in [6.07, 6.45) is 3.08. The molecule has 1 fully saturated rings. The molecule has 1 saturated heterocycles. The van der Waals surface area contributed by atoms with Crippen LogP contribution in [0.1, 0.15) is 17.8 Å². The van der Waals surface area contributed by atoms with Gasteiger partial charge < -0.3 is 4.90 Å². The smallest absolute Gasteiger partial charge is 0.150 e. The maximum Gasteiger partial charge on any atom is 0.150 e. The molecule has 2 rings (SSSR count). The SMILES string of the molecule is Cc1cnc(C)c(N2CCC(CBr)C2)n1. The molecule has 0 aromatic carbocycles. The number of hydrogen-bond donors (Lipinski definition) is 0. The van der Waals surface area contributed by atoms with Crippen LogP contribution in [0.4, 0.5) is 5.82 Å². The Balaban J connectivity index is 2.19. The fraction of sp³-hybridized carbons (Fsp3) is 0.636. The van der Waals surface area contributed by atoms with Gasteiger partial charge >= 0.3 is 0 Å². The minimum Gasteiger partial charge on any atom is -0.355 e. The normalized spacial score (nSPS) is 21.0. The van der Waals surface area contributed by atoms with E-state index in [1.807, 2.05) is 20.0 Å². The summed E-state index contributed by atoms with van der Waals surface area (Å²) in [6.45, 7) is 6.23. The van der Waals surface area contributed by atoms with Gasteiger partial charge in [0, 0.05) is 24.6 Å². The molecule has 0 spiro atoms. The van der Waals surface area contributed by atoms with E-state index in [4.69, 9.17) is 0 Å². The van der Waals surface area contributed by atoms with E-state index >= 15 is 0 Å². The Labute approximate surface area is 99.0 Å². The summed E-state index contributed by atoms with van der Waals surface area (Å²) in [4.78, 5) is 11.3. The summed E-state index contributed by atoms with van der Waals surface area (Å²) >= 11 is 3.55. The zero-order chi connectivity index (χ0) is 10.8. The van der Waals surface area contributed by atoms with Gasteiger partial charge in [-0.25, -0.2) is 4.98 Å². The van der Waals surface area contributed by atoms with Crippen LogP contribution in [0.25, 0.3) is 0 Å². The minimum atomic E-state index is 0.756. The van der Waals surface area contributed by atoms with Crippen LogP contribution in [0, 0.1) is 19.8 Å². The highest BCUT2D eigenvalue weighted by Crippen LogP contribution is 2.24. The highest BCUT2D eigenvalue weighted by molar-refractivity contribution is 9.09. The Morgan fingerprint density at radius 2 is 2.33 bits per heavy atom. The summed E-state index contributed by atoms with van der Waals surface area (Å²) in [5.41, 5.74) is 2.04. The summed E-state index contributed by atoms with van der Waals surface area (Å²) < 4.78 is 0. The van der Waals surface area contributed by atoms with E-state index in [0.717, 1.165) is 41.5 Å². The van der Waals surface area contributed by atoms with E-state index in [0.29, 0.717) is 0 Å². The Morgan fingerprint density at radius 3 is 3.00 bits per heavy atom. The van der Waals surface area contributed by atoms with Crippen LogP contribution in [-0.4, -0.2) is 28.4 Å². The largest absolute Gasteiger partial charge is 0.355 e. The van der Waals surface area contributed by atoms with Crippen LogP contribution >= 0.6 is 15.9 Å². The predicted molar refractivity (Wildman–Crippen MR) is 65.6 cm³/mol. The first kappa shape index (κ1) is 10.9. The van der Waals surface area contributed by atoms with Crippen LogP contribution in [0.5, 0.6) is 0 Å². The molecule has 15 heavy (non-hydrogen) atoms. The molecule has 0 amide bonds. The molecule has 1 aliphatic heterocycles. The second-order valence-corrected chi connectivity index (χ2v) is 4.82. The van der Waals surface area contributed by atoms with Gasteiger partial charge in [0.25, 0.3) is 0 Å². The highest BCUT2D eigenvalue weighted by atomic mass is 79.9. The van der Waals surface area contributed by atoms with Crippen molar-refractivity contribution in [2.75, 3.05) is 23.3 Å². The molecular formula is C11H16BrN3. The molecule has 0 bridgehead atoms. The maximum absolute atomic E-state index is 4.57. The third-order valence-electron chi connectivity index (χ3n) is 2.85. The molecule has 1 aromatic rings. The van der Waals surface area contributed by atoms with E-state index in [-0.39, 0.29) is 0 Å². The standard InChI is InChI=1S/C11H16BrN3/c1-8-6-13-9(2)11(14-8)15-4-3-10(5-12)7-15/h6,10H,3-5,7H2,1-2H3. The van der Waals surface area contributed by atoms with Crippen molar-refractivity contribution < 1.29 is 0 Å². The van der Waals surface area contributed by atoms with E-state index in [2.05, 4.69) is 30.8 Å². The zero-order valence-electron chi connectivity index (χ0n) is 9.20. The average Bonchev–Trinajstić information content (AvgIpc) is 2.70. The van der Waals surface area contributed by atoms with Crippen LogP contribution < -0.4 is 4.90 Å². The topological polar surface area (TPSA) is 29.0 Å². The van der Waals surface area contributed by atoms with Crippen molar-refractivity contribution in [3.05, 3.63) is 17.6 Å². The molecule has 3 nitrogen and oxygen atoms in total. The number of aryl methyl sites for hydroxylation is 2. The number of nitrogens with zero attached hydrogens (tertiary/aromatic N) is 3. The second-order valence-electron chi connectivity index (χ2n) is 4.18. The molecule has 1 aromatic heterocycles. The average molecular weight is 270 g/mol. The zero-order valence-corrected chi connectivity index (χ0v) is 10.8. The van der Waals surface area contributed by atoms with Crippen molar-refractivity contribution in [1.82, 2.24) is 9.97 Å². The molecule has 1 atom stereocenters. The van der Waals surface area contributed by atoms with E-state index in [1.165, 1.54) is 6.42 Å². The maximum atomic E-state index is 4.57. The predicted octanol–water partition coefficient (Wildman–Crippen LogP) is 2.31.